The lowest BCUT2D eigenvalue weighted by atomic mass is 10.1. The largest absolute Gasteiger partial charge is 0.416 e. The molecule has 1 amide bonds. The molecule has 1 fully saturated rings. The molecule has 4 aromatic rings. The van der Waals surface area contributed by atoms with Crippen molar-refractivity contribution in [1.82, 2.24) is 24.3 Å². The first kappa shape index (κ1) is 25.8. The Kier molecular flexibility index (Phi) is 7.11. The van der Waals surface area contributed by atoms with Crippen LogP contribution in [0.4, 0.5) is 23.4 Å². The molecule has 1 aliphatic heterocycles. The van der Waals surface area contributed by atoms with E-state index in [1.807, 2.05) is 4.40 Å². The molecule has 1 atom stereocenters. The third-order valence-electron chi connectivity index (χ3n) is 6.71. The fraction of sp³-hybridized carbons (Fsp3) is 0.333. The van der Waals surface area contributed by atoms with E-state index in [1.165, 1.54) is 0 Å². The van der Waals surface area contributed by atoms with Crippen molar-refractivity contribution >= 4 is 17.2 Å². The van der Waals surface area contributed by atoms with Crippen LogP contribution in [-0.4, -0.2) is 43.2 Å². The summed E-state index contributed by atoms with van der Waals surface area (Å²) in [5.41, 5.74) is 1.42. The first-order valence-corrected chi connectivity index (χ1v) is 12.4. The van der Waals surface area contributed by atoms with E-state index in [9.17, 15) is 22.4 Å². The van der Waals surface area contributed by atoms with Gasteiger partial charge in [-0.1, -0.05) is 19.1 Å². The Balaban J connectivity index is 1.46. The molecule has 3 aromatic heterocycles. The third-order valence-corrected chi connectivity index (χ3v) is 6.71. The zero-order valence-corrected chi connectivity index (χ0v) is 20.7. The summed E-state index contributed by atoms with van der Waals surface area (Å²) in [6.45, 7) is 3.31. The first-order valence-electron chi connectivity index (χ1n) is 12.4. The second-order valence-corrected chi connectivity index (χ2v) is 9.20. The van der Waals surface area contributed by atoms with Crippen LogP contribution in [0.25, 0.3) is 16.8 Å². The third kappa shape index (κ3) is 4.98. The van der Waals surface area contributed by atoms with E-state index in [4.69, 9.17) is 4.98 Å². The van der Waals surface area contributed by atoms with Gasteiger partial charge in [-0.3, -0.25) is 19.1 Å². The number of carbonyl (C=O) groups excluding carboxylic acids is 1. The summed E-state index contributed by atoms with van der Waals surface area (Å²) in [6, 6.07) is 8.20. The molecule has 0 radical (unpaired) electrons. The van der Waals surface area contributed by atoms with Crippen LogP contribution < -0.4 is 5.32 Å². The second-order valence-electron chi connectivity index (χ2n) is 9.20. The van der Waals surface area contributed by atoms with E-state index >= 15 is 0 Å². The van der Waals surface area contributed by atoms with Crippen LogP contribution in [0, 0.1) is 0 Å². The molecule has 0 spiro atoms. The molecule has 1 aliphatic rings. The van der Waals surface area contributed by atoms with Crippen LogP contribution in [0.1, 0.15) is 59.7 Å². The highest BCUT2D eigenvalue weighted by atomic mass is 19.4. The van der Waals surface area contributed by atoms with Crippen molar-refractivity contribution in [2.75, 3.05) is 18.4 Å². The van der Waals surface area contributed by atoms with Gasteiger partial charge in [0.2, 0.25) is 0 Å². The Bertz CT molecular complexity index is 1450. The molecule has 1 N–H and O–H groups in total. The lowest BCUT2D eigenvalue weighted by Gasteiger charge is -2.22. The molecule has 4 heterocycles. The van der Waals surface area contributed by atoms with Gasteiger partial charge in [-0.2, -0.15) is 13.2 Å². The van der Waals surface area contributed by atoms with E-state index in [0.29, 0.717) is 16.8 Å². The Hall–Kier alpha value is -3.86. The van der Waals surface area contributed by atoms with E-state index in [-0.39, 0.29) is 23.1 Å². The average molecular weight is 527 g/mol. The molecule has 0 saturated carbocycles. The number of nitrogens with one attached hydrogen (secondary N) is 1. The number of carbonyl (C=O) groups is 1. The van der Waals surface area contributed by atoms with Gasteiger partial charge in [-0.25, -0.2) is 14.4 Å². The number of hydrogen-bond donors (Lipinski definition) is 1. The molecule has 38 heavy (non-hydrogen) atoms. The van der Waals surface area contributed by atoms with Crippen molar-refractivity contribution in [3.63, 3.8) is 0 Å². The number of imidazole rings is 1. The summed E-state index contributed by atoms with van der Waals surface area (Å²) in [5.74, 6) is 0.0204. The normalized spacial score (nSPS) is 16.3. The molecule has 11 heteroatoms. The molecule has 198 valence electrons. The lowest BCUT2D eigenvalue weighted by molar-refractivity contribution is -0.137. The number of rotatable bonds is 7. The summed E-state index contributed by atoms with van der Waals surface area (Å²) in [6.07, 6.45) is 2.84. The summed E-state index contributed by atoms with van der Waals surface area (Å²) in [4.78, 5) is 28.1. The van der Waals surface area contributed by atoms with Crippen molar-refractivity contribution in [3.05, 3.63) is 77.6 Å². The van der Waals surface area contributed by atoms with Crippen molar-refractivity contribution in [2.45, 2.75) is 45.1 Å². The first-order chi connectivity index (χ1) is 18.3. The highest BCUT2D eigenvalue weighted by Gasteiger charge is 2.32. The second kappa shape index (κ2) is 10.5. The average Bonchev–Trinajstić information content (AvgIpc) is 3.53. The summed E-state index contributed by atoms with van der Waals surface area (Å²) in [5, 5.41) is 2.40. The predicted molar refractivity (Wildman–Crippen MR) is 134 cm³/mol. The molecular weight excluding hydrogens is 500 g/mol. The minimum atomic E-state index is -4.55. The molecule has 1 aromatic carbocycles. The summed E-state index contributed by atoms with van der Waals surface area (Å²) in [7, 11) is 0. The van der Waals surface area contributed by atoms with Gasteiger partial charge in [-0.15, -0.1) is 0 Å². The SMILES string of the molecule is CCCN1CCC[C@H]1c1nc(-c2ccc(C(=O)Nc3cc(C(F)(F)F)ccn3)cc2)c2c(CF)nccn12. The number of likely N-dealkylation sites (tertiary alicyclic amines) is 1. The summed E-state index contributed by atoms with van der Waals surface area (Å²) >= 11 is 0. The highest BCUT2D eigenvalue weighted by Crippen LogP contribution is 2.36. The minimum absolute atomic E-state index is 0.107. The number of fused-ring (bicyclic) bond motifs is 1. The van der Waals surface area contributed by atoms with Crippen LogP contribution in [-0.2, 0) is 12.9 Å². The molecule has 7 nitrogen and oxygen atoms in total. The molecule has 0 unspecified atom stereocenters. The van der Waals surface area contributed by atoms with Gasteiger partial charge >= 0.3 is 6.18 Å². The van der Waals surface area contributed by atoms with Gasteiger partial charge in [0.25, 0.3) is 5.91 Å². The Morgan fingerprint density at radius 1 is 1.13 bits per heavy atom. The number of aromatic nitrogens is 4. The Morgan fingerprint density at radius 3 is 2.63 bits per heavy atom. The van der Waals surface area contributed by atoms with Crippen LogP contribution in [0.15, 0.2) is 55.0 Å². The number of amides is 1. The zero-order valence-electron chi connectivity index (χ0n) is 20.7. The van der Waals surface area contributed by atoms with Crippen molar-refractivity contribution in [3.8, 4) is 11.3 Å². The number of alkyl halides is 4. The maximum atomic E-state index is 14.0. The lowest BCUT2D eigenvalue weighted by Crippen LogP contribution is -2.25. The van der Waals surface area contributed by atoms with Crippen LogP contribution in [0.5, 0.6) is 0 Å². The predicted octanol–water partition coefficient (Wildman–Crippen LogP) is 6.08. The fourth-order valence-corrected chi connectivity index (χ4v) is 4.98. The Morgan fingerprint density at radius 2 is 1.92 bits per heavy atom. The maximum absolute atomic E-state index is 14.0. The van der Waals surface area contributed by atoms with Gasteiger partial charge in [-0.05, 0) is 56.6 Å². The number of benzene rings is 1. The van der Waals surface area contributed by atoms with Crippen LogP contribution in [0.3, 0.4) is 0 Å². The minimum Gasteiger partial charge on any atom is -0.307 e. The number of halogens is 4. The zero-order chi connectivity index (χ0) is 26.9. The quantitative estimate of drug-likeness (QED) is 0.296. The van der Waals surface area contributed by atoms with Crippen molar-refractivity contribution < 1.29 is 22.4 Å². The topological polar surface area (TPSA) is 75.4 Å². The monoisotopic (exact) mass is 526 g/mol. The van der Waals surface area contributed by atoms with Crippen molar-refractivity contribution in [1.29, 1.82) is 0 Å². The fourth-order valence-electron chi connectivity index (χ4n) is 4.98. The van der Waals surface area contributed by atoms with Gasteiger partial charge in [0.15, 0.2) is 0 Å². The molecular formula is C27H26F4N6O. The molecule has 0 aliphatic carbocycles. The number of hydrogen-bond acceptors (Lipinski definition) is 5. The van der Waals surface area contributed by atoms with E-state index in [1.54, 1.807) is 36.7 Å². The molecule has 5 rings (SSSR count). The summed E-state index contributed by atoms with van der Waals surface area (Å²) < 4.78 is 54.8. The van der Waals surface area contributed by atoms with Crippen LogP contribution in [0.2, 0.25) is 0 Å². The number of pyridine rings is 1. The molecule has 1 saturated heterocycles. The van der Waals surface area contributed by atoms with Crippen LogP contribution >= 0.6 is 0 Å². The van der Waals surface area contributed by atoms with Gasteiger partial charge < -0.3 is 5.32 Å². The maximum Gasteiger partial charge on any atom is 0.416 e. The molecule has 0 bridgehead atoms. The smallest absolute Gasteiger partial charge is 0.307 e. The highest BCUT2D eigenvalue weighted by molar-refractivity contribution is 6.04. The van der Waals surface area contributed by atoms with E-state index in [2.05, 4.69) is 27.1 Å². The van der Waals surface area contributed by atoms with Gasteiger partial charge in [0, 0.05) is 29.7 Å². The van der Waals surface area contributed by atoms with E-state index in [0.717, 1.165) is 56.5 Å². The Labute approximate surface area is 216 Å². The van der Waals surface area contributed by atoms with Crippen molar-refractivity contribution in [2.24, 2.45) is 0 Å². The van der Waals surface area contributed by atoms with Gasteiger partial charge in [0.05, 0.1) is 28.5 Å². The van der Waals surface area contributed by atoms with E-state index < -0.39 is 24.3 Å². The standard InChI is InChI=1S/C27H26F4N6O/c1-2-12-36-13-3-4-21(36)25-35-23(24-20(16-28)32-11-14-37(24)25)17-5-7-18(8-6-17)26(38)34-22-15-19(9-10-33-22)27(29,30)31/h5-11,14-15,21H,2-4,12-13,16H2,1H3,(H,33,34,38)/t21-/m0/s1. The number of nitrogens with zero attached hydrogens (tertiary/aromatic N) is 5. The number of anilines is 1. The van der Waals surface area contributed by atoms with Gasteiger partial charge in [0.1, 0.15) is 18.3 Å².